The Morgan fingerprint density at radius 1 is 1.58 bits per heavy atom. The van der Waals surface area contributed by atoms with E-state index in [4.69, 9.17) is 11.6 Å². The van der Waals surface area contributed by atoms with Gasteiger partial charge < -0.3 is 5.32 Å². The van der Waals surface area contributed by atoms with Crippen LogP contribution in [0.5, 0.6) is 0 Å². The molecule has 2 atom stereocenters. The summed E-state index contributed by atoms with van der Waals surface area (Å²) in [7, 11) is 0. The Bertz CT molecular complexity index is 410. The Kier molecular flexibility index (Phi) is 5.38. The zero-order chi connectivity index (χ0) is 14.0. The van der Waals surface area contributed by atoms with Crippen molar-refractivity contribution in [3.05, 3.63) is 19.8 Å². The summed E-state index contributed by atoms with van der Waals surface area (Å²) in [5, 5.41) is 4.60. The number of thiophene rings is 1. The van der Waals surface area contributed by atoms with Gasteiger partial charge in [-0.2, -0.15) is 0 Å². The van der Waals surface area contributed by atoms with Crippen molar-refractivity contribution in [1.82, 2.24) is 5.32 Å². The number of hydrogen-bond acceptors (Lipinski definition) is 2. The van der Waals surface area contributed by atoms with Crippen LogP contribution < -0.4 is 5.32 Å². The fraction of sp³-hybridized carbons (Fsp3) is 0.733. The average Bonchev–Trinajstić information content (AvgIpc) is 2.84. The first-order valence-electron chi connectivity index (χ1n) is 7.14. The van der Waals surface area contributed by atoms with Crippen LogP contribution in [-0.2, 0) is 0 Å². The second kappa shape index (κ2) is 6.46. The van der Waals surface area contributed by atoms with Gasteiger partial charge in [0.2, 0.25) is 0 Å². The molecule has 1 fully saturated rings. The van der Waals surface area contributed by atoms with E-state index >= 15 is 0 Å². The normalized spacial score (nSPS) is 23.7. The average molecular weight is 365 g/mol. The molecule has 1 heterocycles. The zero-order valence-corrected chi connectivity index (χ0v) is 15.1. The summed E-state index contributed by atoms with van der Waals surface area (Å²) >= 11 is 11.6. The fourth-order valence-corrected chi connectivity index (χ4v) is 5.12. The van der Waals surface area contributed by atoms with E-state index in [1.165, 1.54) is 30.6 Å². The summed E-state index contributed by atoms with van der Waals surface area (Å²) < 4.78 is 1.06. The van der Waals surface area contributed by atoms with Crippen molar-refractivity contribution in [1.29, 1.82) is 0 Å². The highest BCUT2D eigenvalue weighted by atomic mass is 79.9. The van der Waals surface area contributed by atoms with E-state index in [0.29, 0.717) is 17.4 Å². The third kappa shape index (κ3) is 3.55. The van der Waals surface area contributed by atoms with E-state index in [-0.39, 0.29) is 0 Å². The maximum atomic E-state index is 6.22. The third-order valence-electron chi connectivity index (χ3n) is 4.33. The second-order valence-electron chi connectivity index (χ2n) is 6.19. The zero-order valence-electron chi connectivity index (χ0n) is 11.9. The molecule has 0 amide bonds. The van der Waals surface area contributed by atoms with E-state index in [0.717, 1.165) is 15.4 Å². The van der Waals surface area contributed by atoms with Crippen LogP contribution in [-0.4, -0.2) is 6.54 Å². The van der Waals surface area contributed by atoms with Crippen molar-refractivity contribution in [2.75, 3.05) is 6.54 Å². The van der Waals surface area contributed by atoms with Gasteiger partial charge in [0.25, 0.3) is 0 Å². The molecule has 108 valence electrons. The van der Waals surface area contributed by atoms with Gasteiger partial charge in [0.05, 0.1) is 8.81 Å². The lowest BCUT2D eigenvalue weighted by atomic mass is 9.77. The van der Waals surface area contributed by atoms with Crippen molar-refractivity contribution in [2.24, 2.45) is 11.3 Å². The summed E-state index contributed by atoms with van der Waals surface area (Å²) in [6.45, 7) is 8.12. The summed E-state index contributed by atoms with van der Waals surface area (Å²) in [5.74, 6) is 0.709. The van der Waals surface area contributed by atoms with Gasteiger partial charge in [-0.25, -0.2) is 0 Å². The molecule has 0 aliphatic heterocycles. The van der Waals surface area contributed by atoms with Crippen molar-refractivity contribution in [3.8, 4) is 0 Å². The van der Waals surface area contributed by atoms with Gasteiger partial charge in [-0.15, -0.1) is 11.3 Å². The van der Waals surface area contributed by atoms with Gasteiger partial charge >= 0.3 is 0 Å². The molecule has 2 rings (SSSR count). The molecule has 19 heavy (non-hydrogen) atoms. The predicted octanol–water partition coefficient (Wildman–Crippen LogP) is 6.03. The molecule has 4 heteroatoms. The molecule has 2 unspecified atom stereocenters. The highest BCUT2D eigenvalue weighted by Crippen LogP contribution is 2.50. The Hall–Kier alpha value is 0.430. The summed E-state index contributed by atoms with van der Waals surface area (Å²) in [5.41, 5.74) is 0.425. The van der Waals surface area contributed by atoms with Crippen molar-refractivity contribution in [2.45, 2.75) is 52.5 Å². The molecular formula is C15H23BrClNS. The third-order valence-corrected chi connectivity index (χ3v) is 6.89. The van der Waals surface area contributed by atoms with Gasteiger partial charge in [-0.1, -0.05) is 38.8 Å². The summed E-state index contributed by atoms with van der Waals surface area (Å²) in [4.78, 5) is 1.38. The molecule has 1 aliphatic carbocycles. The first-order chi connectivity index (χ1) is 8.95. The molecule has 1 saturated carbocycles. The lowest BCUT2D eigenvalue weighted by Crippen LogP contribution is -2.33. The Morgan fingerprint density at radius 3 is 2.79 bits per heavy atom. The lowest BCUT2D eigenvalue weighted by Gasteiger charge is -2.34. The standard InChI is InChI=1S/C15H23BrClNS/c1-4-8-18-13(10-6-5-7-15(10,2)3)12-9-11(17)14(16)19-12/h9-10,13,18H,4-8H2,1-3H3. The van der Waals surface area contributed by atoms with Gasteiger partial charge in [-0.3, -0.25) is 0 Å². The van der Waals surface area contributed by atoms with Gasteiger partial charge in [0, 0.05) is 10.9 Å². The SMILES string of the molecule is CCCNC(c1cc(Cl)c(Br)s1)C1CCCC1(C)C. The van der Waals surface area contributed by atoms with E-state index in [9.17, 15) is 0 Å². The maximum absolute atomic E-state index is 6.22. The second-order valence-corrected chi connectivity index (χ2v) is 9.00. The Labute approximate surface area is 134 Å². The molecule has 1 aromatic heterocycles. The van der Waals surface area contributed by atoms with E-state index < -0.39 is 0 Å². The molecule has 1 N–H and O–H groups in total. The number of halogens is 2. The minimum atomic E-state index is 0.425. The molecular weight excluding hydrogens is 342 g/mol. The van der Waals surface area contributed by atoms with E-state index in [1.807, 2.05) is 0 Å². The molecule has 0 aromatic carbocycles. The van der Waals surface area contributed by atoms with Crippen molar-refractivity contribution in [3.63, 3.8) is 0 Å². The minimum Gasteiger partial charge on any atom is -0.309 e. The van der Waals surface area contributed by atoms with Crippen LogP contribution in [0.1, 0.15) is 57.4 Å². The van der Waals surface area contributed by atoms with Crippen LogP contribution in [0.3, 0.4) is 0 Å². The van der Waals surface area contributed by atoms with Gasteiger partial charge in [0.1, 0.15) is 0 Å². The highest BCUT2D eigenvalue weighted by Gasteiger charge is 2.40. The monoisotopic (exact) mass is 363 g/mol. The molecule has 0 radical (unpaired) electrons. The number of nitrogens with one attached hydrogen (secondary N) is 1. The molecule has 1 aliphatic rings. The number of hydrogen-bond donors (Lipinski definition) is 1. The predicted molar refractivity (Wildman–Crippen MR) is 89.2 cm³/mol. The largest absolute Gasteiger partial charge is 0.309 e. The van der Waals surface area contributed by atoms with Crippen LogP contribution in [0.15, 0.2) is 9.85 Å². The summed E-state index contributed by atoms with van der Waals surface area (Å²) in [6, 6.07) is 2.59. The van der Waals surface area contributed by atoms with Gasteiger partial charge in [-0.05, 0) is 59.1 Å². The molecule has 0 spiro atoms. The van der Waals surface area contributed by atoms with Crippen LogP contribution in [0.25, 0.3) is 0 Å². The quantitative estimate of drug-likeness (QED) is 0.672. The lowest BCUT2D eigenvalue weighted by molar-refractivity contribution is 0.200. The highest BCUT2D eigenvalue weighted by molar-refractivity contribution is 9.11. The molecule has 1 nitrogen and oxygen atoms in total. The first kappa shape index (κ1) is 15.8. The van der Waals surface area contributed by atoms with E-state index in [2.05, 4.69) is 48.1 Å². The maximum Gasteiger partial charge on any atom is 0.0887 e. The smallest absolute Gasteiger partial charge is 0.0887 e. The molecule has 0 bridgehead atoms. The van der Waals surface area contributed by atoms with Crippen LogP contribution >= 0.6 is 38.9 Å². The first-order valence-corrected chi connectivity index (χ1v) is 9.12. The summed E-state index contributed by atoms with van der Waals surface area (Å²) in [6.07, 6.45) is 5.18. The topological polar surface area (TPSA) is 12.0 Å². The minimum absolute atomic E-state index is 0.425. The van der Waals surface area contributed by atoms with Crippen LogP contribution in [0.4, 0.5) is 0 Å². The fourth-order valence-electron chi connectivity index (χ4n) is 3.23. The van der Waals surface area contributed by atoms with Gasteiger partial charge in [0.15, 0.2) is 0 Å². The Balaban J connectivity index is 2.25. The van der Waals surface area contributed by atoms with Crippen LogP contribution in [0, 0.1) is 11.3 Å². The van der Waals surface area contributed by atoms with Crippen LogP contribution in [0.2, 0.25) is 5.02 Å². The Morgan fingerprint density at radius 2 is 2.32 bits per heavy atom. The van der Waals surface area contributed by atoms with Crippen molar-refractivity contribution < 1.29 is 0 Å². The molecule has 0 saturated heterocycles. The van der Waals surface area contributed by atoms with Crippen molar-refractivity contribution >= 4 is 38.9 Å². The van der Waals surface area contributed by atoms with E-state index in [1.54, 1.807) is 11.3 Å². The molecule has 1 aromatic rings. The number of rotatable bonds is 5.